The molecule has 1 unspecified atom stereocenters. The number of benzene rings is 1. The van der Waals surface area contributed by atoms with E-state index in [1.807, 2.05) is 30.3 Å². The highest BCUT2D eigenvalue weighted by atomic mass is 16.4. The molecule has 0 fully saturated rings. The van der Waals surface area contributed by atoms with Gasteiger partial charge in [0.1, 0.15) is 12.4 Å². The molecule has 0 aliphatic carbocycles. The van der Waals surface area contributed by atoms with Crippen LogP contribution in [0.2, 0.25) is 0 Å². The highest BCUT2D eigenvalue weighted by Gasteiger charge is 2.20. The molecule has 0 spiro atoms. The molecule has 84 valence electrons. The van der Waals surface area contributed by atoms with Crippen LogP contribution in [0.5, 0.6) is 0 Å². The fraction of sp³-hybridized carbons (Fsp3) is 0.250. The third kappa shape index (κ3) is 2.48. The Balaban J connectivity index is 2.01. The summed E-state index contributed by atoms with van der Waals surface area (Å²) in [5.74, 6) is 0.267. The van der Waals surface area contributed by atoms with Crippen LogP contribution >= 0.6 is 0 Å². The van der Waals surface area contributed by atoms with Gasteiger partial charge in [0.2, 0.25) is 5.89 Å². The van der Waals surface area contributed by atoms with Crippen LogP contribution < -0.4 is 5.73 Å². The molecule has 3 N–H and O–H groups in total. The van der Waals surface area contributed by atoms with Crippen molar-refractivity contribution in [3.63, 3.8) is 0 Å². The predicted octanol–water partition coefficient (Wildman–Crippen LogP) is 1.28. The third-order valence-corrected chi connectivity index (χ3v) is 2.42. The van der Waals surface area contributed by atoms with E-state index in [4.69, 9.17) is 10.2 Å². The minimum atomic E-state index is -0.866. The Hall–Kier alpha value is -1.65. The lowest BCUT2D eigenvalue weighted by molar-refractivity contribution is 0.115. The van der Waals surface area contributed by atoms with Gasteiger partial charge in [-0.2, -0.15) is 0 Å². The minimum Gasteiger partial charge on any atom is -0.446 e. The fourth-order valence-corrected chi connectivity index (χ4v) is 1.56. The Morgan fingerprint density at radius 2 is 2.06 bits per heavy atom. The van der Waals surface area contributed by atoms with E-state index < -0.39 is 12.1 Å². The Labute approximate surface area is 93.7 Å². The Kier molecular flexibility index (Phi) is 3.34. The van der Waals surface area contributed by atoms with E-state index in [0.717, 1.165) is 5.56 Å². The minimum absolute atomic E-state index is 0.267. The number of oxazole rings is 1. The van der Waals surface area contributed by atoms with Crippen molar-refractivity contribution < 1.29 is 9.52 Å². The molecule has 0 saturated carbocycles. The topological polar surface area (TPSA) is 72.3 Å². The van der Waals surface area contributed by atoms with Crippen LogP contribution in [0.3, 0.4) is 0 Å². The van der Waals surface area contributed by atoms with Gasteiger partial charge in [-0.05, 0) is 12.0 Å². The number of rotatable bonds is 4. The molecule has 2 atom stereocenters. The quantitative estimate of drug-likeness (QED) is 0.810. The summed E-state index contributed by atoms with van der Waals surface area (Å²) in [5.41, 5.74) is 6.97. The van der Waals surface area contributed by atoms with Gasteiger partial charge in [-0.1, -0.05) is 30.3 Å². The molecular formula is C12H14N2O2. The predicted molar refractivity (Wildman–Crippen MR) is 59.6 cm³/mol. The maximum absolute atomic E-state index is 9.86. The van der Waals surface area contributed by atoms with Gasteiger partial charge in [0.05, 0.1) is 6.20 Å². The van der Waals surface area contributed by atoms with Crippen molar-refractivity contribution in [1.82, 2.24) is 4.98 Å². The van der Waals surface area contributed by atoms with Crippen molar-refractivity contribution in [3.8, 4) is 0 Å². The largest absolute Gasteiger partial charge is 0.446 e. The van der Waals surface area contributed by atoms with Crippen molar-refractivity contribution in [3.05, 3.63) is 54.2 Å². The summed E-state index contributed by atoms with van der Waals surface area (Å²) in [6.45, 7) is 0. The van der Waals surface area contributed by atoms with Gasteiger partial charge in [0.25, 0.3) is 0 Å². The van der Waals surface area contributed by atoms with Crippen LogP contribution in [-0.4, -0.2) is 16.1 Å². The van der Waals surface area contributed by atoms with Crippen molar-refractivity contribution in [1.29, 1.82) is 0 Å². The lowest BCUT2D eigenvalue weighted by Crippen LogP contribution is -2.30. The standard InChI is InChI=1S/C12H14N2O2/c13-10(8-9-4-2-1-3-5-9)11(15)12-14-6-7-16-12/h1-7,10-11,15H,8,13H2/t10-,11?/m0/s1. The van der Waals surface area contributed by atoms with Crippen molar-refractivity contribution in [2.45, 2.75) is 18.6 Å². The van der Waals surface area contributed by atoms with Crippen molar-refractivity contribution >= 4 is 0 Å². The van der Waals surface area contributed by atoms with E-state index in [1.165, 1.54) is 12.5 Å². The second-order valence-corrected chi connectivity index (χ2v) is 3.67. The summed E-state index contributed by atoms with van der Waals surface area (Å²) in [6, 6.07) is 9.37. The molecule has 4 heteroatoms. The molecule has 1 aromatic heterocycles. The lowest BCUT2D eigenvalue weighted by Gasteiger charge is -2.15. The van der Waals surface area contributed by atoms with Gasteiger partial charge >= 0.3 is 0 Å². The number of hydrogen-bond donors (Lipinski definition) is 2. The summed E-state index contributed by atoms with van der Waals surface area (Å²) in [6.07, 6.45) is 2.64. The zero-order chi connectivity index (χ0) is 11.4. The average molecular weight is 218 g/mol. The molecule has 0 aliphatic heterocycles. The normalized spacial score (nSPS) is 14.6. The molecule has 0 aliphatic rings. The second kappa shape index (κ2) is 4.92. The summed E-state index contributed by atoms with van der Waals surface area (Å²) < 4.78 is 5.01. The Morgan fingerprint density at radius 1 is 1.31 bits per heavy atom. The molecule has 0 saturated heterocycles. The molecule has 1 aromatic carbocycles. The van der Waals surface area contributed by atoms with E-state index in [0.29, 0.717) is 6.42 Å². The molecular weight excluding hydrogens is 204 g/mol. The van der Waals surface area contributed by atoms with Gasteiger partial charge in [0.15, 0.2) is 0 Å². The first-order valence-electron chi connectivity index (χ1n) is 5.14. The summed E-state index contributed by atoms with van der Waals surface area (Å²) in [5, 5.41) is 9.86. The van der Waals surface area contributed by atoms with Crippen LogP contribution in [0, 0.1) is 0 Å². The van der Waals surface area contributed by atoms with Crippen LogP contribution in [-0.2, 0) is 6.42 Å². The monoisotopic (exact) mass is 218 g/mol. The summed E-state index contributed by atoms with van der Waals surface area (Å²) in [7, 11) is 0. The van der Waals surface area contributed by atoms with E-state index in [9.17, 15) is 5.11 Å². The molecule has 0 bridgehead atoms. The molecule has 0 radical (unpaired) electrons. The van der Waals surface area contributed by atoms with Gasteiger partial charge < -0.3 is 15.3 Å². The molecule has 1 heterocycles. The van der Waals surface area contributed by atoms with E-state index >= 15 is 0 Å². The van der Waals surface area contributed by atoms with Crippen LogP contribution in [0.25, 0.3) is 0 Å². The van der Waals surface area contributed by atoms with Crippen molar-refractivity contribution in [2.24, 2.45) is 5.73 Å². The Bertz CT molecular complexity index is 414. The molecule has 4 nitrogen and oxygen atoms in total. The Morgan fingerprint density at radius 3 is 2.69 bits per heavy atom. The number of aromatic nitrogens is 1. The number of nitrogens with two attached hydrogens (primary N) is 1. The van der Waals surface area contributed by atoms with Gasteiger partial charge in [-0.25, -0.2) is 4.98 Å². The summed E-state index contributed by atoms with van der Waals surface area (Å²) >= 11 is 0. The highest BCUT2D eigenvalue weighted by Crippen LogP contribution is 2.16. The fourth-order valence-electron chi connectivity index (χ4n) is 1.56. The van der Waals surface area contributed by atoms with Crippen molar-refractivity contribution in [2.75, 3.05) is 0 Å². The molecule has 16 heavy (non-hydrogen) atoms. The molecule has 2 rings (SSSR count). The van der Waals surface area contributed by atoms with E-state index in [2.05, 4.69) is 4.98 Å². The maximum Gasteiger partial charge on any atom is 0.224 e. The second-order valence-electron chi connectivity index (χ2n) is 3.67. The first-order valence-corrected chi connectivity index (χ1v) is 5.14. The van der Waals surface area contributed by atoms with Gasteiger partial charge in [0, 0.05) is 6.04 Å². The molecule has 2 aromatic rings. The number of aliphatic hydroxyl groups is 1. The number of nitrogens with zero attached hydrogens (tertiary/aromatic N) is 1. The first-order chi connectivity index (χ1) is 7.77. The van der Waals surface area contributed by atoms with E-state index in [-0.39, 0.29) is 5.89 Å². The lowest BCUT2D eigenvalue weighted by atomic mass is 10.0. The van der Waals surface area contributed by atoms with Crippen LogP contribution in [0.1, 0.15) is 17.6 Å². The van der Waals surface area contributed by atoms with Crippen LogP contribution in [0.15, 0.2) is 47.2 Å². The SMILES string of the molecule is N[C@@H](Cc1ccccc1)C(O)c1ncco1. The number of aliphatic hydroxyl groups excluding tert-OH is 1. The van der Waals surface area contributed by atoms with Gasteiger partial charge in [-0.3, -0.25) is 0 Å². The number of hydrogen-bond acceptors (Lipinski definition) is 4. The highest BCUT2D eigenvalue weighted by molar-refractivity contribution is 5.16. The van der Waals surface area contributed by atoms with Crippen LogP contribution in [0.4, 0.5) is 0 Å². The smallest absolute Gasteiger partial charge is 0.224 e. The first kappa shape index (κ1) is 10.9. The van der Waals surface area contributed by atoms with E-state index in [1.54, 1.807) is 0 Å². The van der Waals surface area contributed by atoms with Gasteiger partial charge in [-0.15, -0.1) is 0 Å². The summed E-state index contributed by atoms with van der Waals surface area (Å²) in [4.78, 5) is 3.88. The maximum atomic E-state index is 9.86. The zero-order valence-electron chi connectivity index (χ0n) is 8.78. The third-order valence-electron chi connectivity index (χ3n) is 2.42. The zero-order valence-corrected chi connectivity index (χ0v) is 8.78. The molecule has 0 amide bonds. The average Bonchev–Trinajstić information content (AvgIpc) is 2.83.